The van der Waals surface area contributed by atoms with Gasteiger partial charge in [-0.25, -0.2) is 0 Å². The average Bonchev–Trinajstić information content (AvgIpc) is 3.45. The van der Waals surface area contributed by atoms with Crippen LogP contribution in [0.15, 0.2) is 134 Å². The number of carbonyl (C=O) groups excluding carboxylic acids is 3. The molecule has 448 valence electrons. The van der Waals surface area contributed by atoms with Gasteiger partial charge in [-0.05, 0) is 135 Å². The van der Waals surface area contributed by atoms with Gasteiger partial charge in [-0.2, -0.15) is 0 Å². The smallest absolute Gasteiger partial charge is 0.306 e. The summed E-state index contributed by atoms with van der Waals surface area (Å²) in [6.07, 6.45) is 93.2. The lowest BCUT2D eigenvalue weighted by atomic mass is 10.1. The highest BCUT2D eigenvalue weighted by Crippen LogP contribution is 2.15. The van der Waals surface area contributed by atoms with Gasteiger partial charge in [-0.3, -0.25) is 14.4 Å². The zero-order chi connectivity index (χ0) is 57.1. The van der Waals surface area contributed by atoms with Gasteiger partial charge in [0.1, 0.15) is 13.2 Å². The number of ether oxygens (including phenoxy) is 3. The summed E-state index contributed by atoms with van der Waals surface area (Å²) in [5.74, 6) is -0.952. The molecule has 0 aliphatic heterocycles. The van der Waals surface area contributed by atoms with Crippen LogP contribution in [0.2, 0.25) is 0 Å². The van der Waals surface area contributed by atoms with Crippen molar-refractivity contribution in [2.45, 2.75) is 297 Å². The lowest BCUT2D eigenvalue weighted by molar-refractivity contribution is -0.167. The van der Waals surface area contributed by atoms with Crippen molar-refractivity contribution in [3.05, 3.63) is 134 Å². The molecule has 6 heteroatoms. The van der Waals surface area contributed by atoms with E-state index < -0.39 is 6.10 Å². The van der Waals surface area contributed by atoms with Gasteiger partial charge in [0.05, 0.1) is 0 Å². The van der Waals surface area contributed by atoms with Crippen LogP contribution in [-0.4, -0.2) is 37.2 Å². The van der Waals surface area contributed by atoms with E-state index >= 15 is 0 Å². The molecule has 1 unspecified atom stereocenters. The number of esters is 3. The van der Waals surface area contributed by atoms with Gasteiger partial charge in [0.25, 0.3) is 0 Å². The maximum atomic E-state index is 12.9. The Kier molecular flexibility index (Phi) is 62.3. The summed E-state index contributed by atoms with van der Waals surface area (Å²) in [4.78, 5) is 38.4. The van der Waals surface area contributed by atoms with E-state index in [1.165, 1.54) is 122 Å². The number of carbonyl (C=O) groups is 3. The highest BCUT2D eigenvalue weighted by Gasteiger charge is 2.19. The molecule has 6 nitrogen and oxygen atoms in total. The lowest BCUT2D eigenvalue weighted by Gasteiger charge is -2.18. The van der Waals surface area contributed by atoms with Gasteiger partial charge in [-0.1, -0.05) is 270 Å². The molecule has 1 atom stereocenters. The zero-order valence-electron chi connectivity index (χ0n) is 51.3. The van der Waals surface area contributed by atoms with Gasteiger partial charge in [0.2, 0.25) is 0 Å². The number of allylic oxidation sites excluding steroid dienone is 22. The monoisotopic (exact) mass is 1090 g/mol. The van der Waals surface area contributed by atoms with Gasteiger partial charge in [-0.15, -0.1) is 0 Å². The summed E-state index contributed by atoms with van der Waals surface area (Å²) in [7, 11) is 0. The van der Waals surface area contributed by atoms with Crippen molar-refractivity contribution in [1.82, 2.24) is 0 Å². The van der Waals surface area contributed by atoms with Crippen LogP contribution in [0.1, 0.15) is 290 Å². The second-order valence-corrected chi connectivity index (χ2v) is 21.3. The molecule has 79 heavy (non-hydrogen) atoms. The summed E-state index contributed by atoms with van der Waals surface area (Å²) in [5.41, 5.74) is 0. The van der Waals surface area contributed by atoms with E-state index in [2.05, 4.69) is 154 Å². The third kappa shape index (κ3) is 64.3. The molecule has 0 rings (SSSR count). The Morgan fingerprint density at radius 2 is 0.494 bits per heavy atom. The van der Waals surface area contributed by atoms with Crippen LogP contribution in [-0.2, 0) is 28.6 Å². The first-order valence-electron chi connectivity index (χ1n) is 32.7. The Hall–Kier alpha value is -4.45. The van der Waals surface area contributed by atoms with Crippen LogP contribution in [0, 0.1) is 0 Å². The summed E-state index contributed by atoms with van der Waals surface area (Å²) in [6, 6.07) is 0. The largest absolute Gasteiger partial charge is 0.462 e. The van der Waals surface area contributed by atoms with Crippen LogP contribution < -0.4 is 0 Å². The minimum atomic E-state index is -0.808. The number of hydrogen-bond acceptors (Lipinski definition) is 6. The van der Waals surface area contributed by atoms with E-state index in [0.717, 1.165) is 128 Å². The first kappa shape index (κ1) is 74.5. The Balaban J connectivity index is 4.42. The molecule has 0 aromatic rings. The van der Waals surface area contributed by atoms with E-state index in [9.17, 15) is 14.4 Å². The Morgan fingerprint density at radius 3 is 0.797 bits per heavy atom. The molecule has 0 aromatic heterocycles. The molecule has 0 saturated heterocycles. The maximum Gasteiger partial charge on any atom is 0.306 e. The second kappa shape index (κ2) is 66.1. The molecule has 0 heterocycles. The lowest BCUT2D eigenvalue weighted by Crippen LogP contribution is -2.30. The molecule has 0 saturated carbocycles. The predicted octanol–water partition coefficient (Wildman–Crippen LogP) is 22.5. The topological polar surface area (TPSA) is 78.9 Å². The molecule has 0 fully saturated rings. The summed E-state index contributed by atoms with van der Waals surface area (Å²) in [5, 5.41) is 0. The molecule has 0 spiro atoms. The van der Waals surface area contributed by atoms with Crippen LogP contribution in [0.3, 0.4) is 0 Å². The normalized spacial score (nSPS) is 13.0. The SMILES string of the molecule is CC/C=C\C/C=C\C/C=C\C/C=C\CCCCCCCCCCC(=O)OC(COC(=O)CCCC/C=C\C/C=C\C/C=C\C/C=C\CC)COC(=O)CCCCCCCCCCCC/C=C\C/C=C\C/C=C\CCCCCCC. The highest BCUT2D eigenvalue weighted by molar-refractivity contribution is 5.71. The second-order valence-electron chi connectivity index (χ2n) is 21.3. The van der Waals surface area contributed by atoms with Gasteiger partial charge >= 0.3 is 17.9 Å². The third-order valence-corrected chi connectivity index (χ3v) is 13.6. The van der Waals surface area contributed by atoms with Gasteiger partial charge in [0, 0.05) is 19.3 Å². The highest BCUT2D eigenvalue weighted by atomic mass is 16.6. The van der Waals surface area contributed by atoms with Crippen molar-refractivity contribution in [2.24, 2.45) is 0 Å². The van der Waals surface area contributed by atoms with Crippen LogP contribution in [0.5, 0.6) is 0 Å². The van der Waals surface area contributed by atoms with E-state index in [0.29, 0.717) is 19.3 Å². The van der Waals surface area contributed by atoms with E-state index in [1.807, 2.05) is 0 Å². The molecule has 0 aliphatic rings. The van der Waals surface area contributed by atoms with E-state index in [4.69, 9.17) is 14.2 Å². The third-order valence-electron chi connectivity index (χ3n) is 13.6. The molecular formula is C73H120O6. The molecule has 0 N–H and O–H groups in total. The molecular weight excluding hydrogens is 973 g/mol. The van der Waals surface area contributed by atoms with Crippen molar-refractivity contribution in [3.8, 4) is 0 Å². The minimum Gasteiger partial charge on any atom is -0.462 e. The first-order valence-corrected chi connectivity index (χ1v) is 32.7. The standard InChI is InChI=1S/C73H120O6/c1-4-7-10-13-16-19-22-25-28-30-32-34-35-36-37-39-40-42-45-48-51-54-57-60-63-66-72(75)78-69-70(68-77-71(74)65-62-59-56-53-50-47-44-27-24-21-18-15-12-9-6-3)79-73(76)67-64-61-58-55-52-49-46-43-41-38-33-31-29-26-23-20-17-14-11-8-5-2/h8-9,11-12,17-18,20-22,25-27,29-30,32-33,35-36,38,44,50,53,70H,4-7,10,13-16,19,23-24,28,31,34,37,39-43,45-49,51-52,54-69H2,1-3H3/b11-8-,12-9-,20-17-,21-18-,25-22-,29-26-,32-30-,36-35-,38-33-,44-27-,53-50-. The Morgan fingerprint density at radius 1 is 0.266 bits per heavy atom. The molecule has 0 aliphatic carbocycles. The average molecular weight is 1090 g/mol. The molecule has 0 aromatic carbocycles. The fraction of sp³-hybridized carbons (Fsp3) is 0.658. The Labute approximate surface area is 487 Å². The number of hydrogen-bond donors (Lipinski definition) is 0. The Bertz CT molecular complexity index is 1680. The van der Waals surface area contributed by atoms with Crippen molar-refractivity contribution >= 4 is 17.9 Å². The molecule has 0 amide bonds. The number of rotatable bonds is 58. The van der Waals surface area contributed by atoms with Crippen molar-refractivity contribution in [1.29, 1.82) is 0 Å². The minimum absolute atomic E-state index is 0.100. The van der Waals surface area contributed by atoms with Gasteiger partial charge < -0.3 is 14.2 Å². The summed E-state index contributed by atoms with van der Waals surface area (Å²) >= 11 is 0. The molecule has 0 radical (unpaired) electrons. The van der Waals surface area contributed by atoms with E-state index in [1.54, 1.807) is 0 Å². The van der Waals surface area contributed by atoms with Gasteiger partial charge in [0.15, 0.2) is 6.10 Å². The van der Waals surface area contributed by atoms with Crippen LogP contribution >= 0.6 is 0 Å². The summed E-state index contributed by atoms with van der Waals surface area (Å²) < 4.78 is 16.9. The van der Waals surface area contributed by atoms with Crippen molar-refractivity contribution < 1.29 is 28.6 Å². The van der Waals surface area contributed by atoms with Crippen molar-refractivity contribution in [3.63, 3.8) is 0 Å². The zero-order valence-corrected chi connectivity index (χ0v) is 51.3. The van der Waals surface area contributed by atoms with Crippen LogP contribution in [0.25, 0.3) is 0 Å². The first-order chi connectivity index (χ1) is 39.0. The molecule has 0 bridgehead atoms. The van der Waals surface area contributed by atoms with Crippen LogP contribution in [0.4, 0.5) is 0 Å². The number of unbranched alkanes of at least 4 members (excludes halogenated alkanes) is 25. The predicted molar refractivity (Wildman–Crippen MR) is 343 cm³/mol. The summed E-state index contributed by atoms with van der Waals surface area (Å²) in [6.45, 7) is 6.37. The fourth-order valence-corrected chi connectivity index (χ4v) is 8.79. The maximum absolute atomic E-state index is 12.9. The quantitative estimate of drug-likeness (QED) is 0.0261. The van der Waals surface area contributed by atoms with Crippen molar-refractivity contribution in [2.75, 3.05) is 13.2 Å². The fourth-order valence-electron chi connectivity index (χ4n) is 8.79. The van der Waals surface area contributed by atoms with E-state index in [-0.39, 0.29) is 31.1 Å².